The van der Waals surface area contributed by atoms with Crippen molar-refractivity contribution in [3.63, 3.8) is 0 Å². The van der Waals surface area contributed by atoms with Crippen LogP contribution in [0.2, 0.25) is 0 Å². The average molecular weight is 136 g/mol. The van der Waals surface area contributed by atoms with Gasteiger partial charge in [-0.3, -0.25) is 4.79 Å². The van der Waals surface area contributed by atoms with Gasteiger partial charge in [0.2, 0.25) is 0 Å². The van der Waals surface area contributed by atoms with Crippen LogP contribution in [0.15, 0.2) is 22.8 Å². The van der Waals surface area contributed by atoms with Crippen molar-refractivity contribution in [3.8, 4) is 0 Å². The van der Waals surface area contributed by atoms with E-state index in [2.05, 4.69) is 4.42 Å². The first-order valence-corrected chi connectivity index (χ1v) is 1.92. The quantitative estimate of drug-likeness (QED) is 0.414. The van der Waals surface area contributed by atoms with Gasteiger partial charge in [0, 0.05) is 0 Å². The van der Waals surface area contributed by atoms with E-state index >= 15 is 0 Å². The number of carbonyl (C=O) groups is 1. The first kappa shape index (κ1) is 8.59. The Morgan fingerprint density at radius 2 is 2.38 bits per heavy atom. The molecule has 0 saturated heterocycles. The summed E-state index contributed by atoms with van der Waals surface area (Å²) >= 11 is 0. The fraction of sp³-hybridized carbons (Fsp3) is 0. The maximum absolute atomic E-state index is 9.77. The third-order valence-electron chi connectivity index (χ3n) is 0.659. The van der Waals surface area contributed by atoms with Crippen molar-refractivity contribution in [2.24, 2.45) is 0 Å². The Labute approximate surface area is 89.7 Å². The molecule has 0 bridgehead atoms. The van der Waals surface area contributed by atoms with Gasteiger partial charge in [-0.2, -0.15) is 0 Å². The Balaban J connectivity index is 0.000000490. The zero-order chi connectivity index (χ0) is 5.11. The molecule has 1 heterocycles. The van der Waals surface area contributed by atoms with Gasteiger partial charge in [-0.1, -0.05) is 0 Å². The van der Waals surface area contributed by atoms with Gasteiger partial charge in [0.15, 0.2) is 12.0 Å². The number of carbonyl (C=O) groups excluding carboxylic acids is 1. The molecule has 3 heteroatoms. The zero-order valence-corrected chi connectivity index (χ0v) is 3.63. The molecule has 0 aromatic carbocycles. The summed E-state index contributed by atoms with van der Waals surface area (Å²) in [5, 5.41) is 0. The van der Waals surface area contributed by atoms with E-state index in [4.69, 9.17) is 0 Å². The summed E-state index contributed by atoms with van der Waals surface area (Å²) in [6.45, 7) is 0. The van der Waals surface area contributed by atoms with Crippen LogP contribution in [-0.2, 0) is 0 Å². The summed E-state index contributed by atoms with van der Waals surface area (Å²) in [5.41, 5.74) is 0. The van der Waals surface area contributed by atoms with Crippen LogP contribution >= 0.6 is 0 Å². The number of aldehydes is 1. The summed E-state index contributed by atoms with van der Waals surface area (Å²) < 4.78 is 4.61. The third kappa shape index (κ3) is 2.24. The van der Waals surface area contributed by atoms with E-state index in [1.807, 2.05) is 0 Å². The molecule has 0 N–H and O–H groups in total. The van der Waals surface area contributed by atoms with E-state index in [-0.39, 0.29) is 51.4 Å². The Hall–Kier alpha value is 0.586. The van der Waals surface area contributed by atoms with Crippen LogP contribution in [0.4, 0.5) is 0 Å². The normalized spacial score (nSPS) is 7.50. The Kier molecular flexibility index (Phi) is 4.79. The van der Waals surface area contributed by atoms with Crippen molar-refractivity contribution in [1.29, 1.82) is 0 Å². The topological polar surface area (TPSA) is 30.2 Å². The molecule has 1 aromatic heterocycles. The molecular weight excluding hydrogens is 131 g/mol. The van der Waals surface area contributed by atoms with E-state index in [1.54, 1.807) is 12.1 Å². The molecule has 0 aliphatic heterocycles. The van der Waals surface area contributed by atoms with E-state index < -0.39 is 0 Å². The summed E-state index contributed by atoms with van der Waals surface area (Å²) in [6, 6.07) is 3.27. The molecule has 0 saturated carbocycles. The van der Waals surface area contributed by atoms with E-state index in [0.29, 0.717) is 12.0 Å². The maximum atomic E-state index is 9.77. The first-order valence-electron chi connectivity index (χ1n) is 1.92. The fourth-order valence-electron chi connectivity index (χ4n) is 0.358. The summed E-state index contributed by atoms with van der Waals surface area (Å²) in [6.07, 6.45) is 2.13. The minimum atomic E-state index is 0. The summed E-state index contributed by atoms with van der Waals surface area (Å²) in [5.74, 6) is 0.375. The SMILES string of the molecule is O=Cc1ccco1.[KH]. The molecule has 38 valence electrons. The molecule has 0 spiro atoms. The molecule has 0 fully saturated rings. The second-order valence-electron chi connectivity index (χ2n) is 1.13. The molecule has 0 aliphatic rings. The molecule has 2 nitrogen and oxygen atoms in total. The molecule has 0 aliphatic carbocycles. The number of rotatable bonds is 1. The van der Waals surface area contributed by atoms with E-state index in [0.717, 1.165) is 0 Å². The van der Waals surface area contributed by atoms with Gasteiger partial charge in [0.25, 0.3) is 0 Å². The molecule has 0 atom stereocenters. The second-order valence-corrected chi connectivity index (χ2v) is 1.13. The van der Waals surface area contributed by atoms with Gasteiger partial charge in [0.05, 0.1) is 6.26 Å². The predicted molar refractivity (Wildman–Crippen MR) is 31.2 cm³/mol. The minimum absolute atomic E-state index is 0. The van der Waals surface area contributed by atoms with Crippen LogP contribution in [0.5, 0.6) is 0 Å². The van der Waals surface area contributed by atoms with E-state index in [9.17, 15) is 4.79 Å². The van der Waals surface area contributed by atoms with Crippen LogP contribution in [0.3, 0.4) is 0 Å². The van der Waals surface area contributed by atoms with Crippen LogP contribution in [0.25, 0.3) is 0 Å². The van der Waals surface area contributed by atoms with Crippen LogP contribution in [-0.4, -0.2) is 57.7 Å². The number of hydrogen-bond donors (Lipinski definition) is 0. The van der Waals surface area contributed by atoms with Crippen molar-refractivity contribution in [3.05, 3.63) is 24.2 Å². The van der Waals surface area contributed by atoms with Gasteiger partial charge < -0.3 is 4.42 Å². The molecule has 0 unspecified atom stereocenters. The number of furan rings is 1. The van der Waals surface area contributed by atoms with Crippen molar-refractivity contribution < 1.29 is 9.21 Å². The second kappa shape index (κ2) is 4.46. The summed E-state index contributed by atoms with van der Waals surface area (Å²) in [4.78, 5) is 9.77. The number of hydrogen-bond acceptors (Lipinski definition) is 2. The Morgan fingerprint density at radius 3 is 2.62 bits per heavy atom. The monoisotopic (exact) mass is 136 g/mol. The third-order valence-corrected chi connectivity index (χ3v) is 0.659. The predicted octanol–water partition coefficient (Wildman–Crippen LogP) is 0.444. The molecule has 1 aromatic rings. The molecule has 1 rings (SSSR count). The zero-order valence-electron chi connectivity index (χ0n) is 3.63. The molecule has 0 radical (unpaired) electrons. The molecule has 8 heavy (non-hydrogen) atoms. The van der Waals surface area contributed by atoms with E-state index in [1.165, 1.54) is 6.26 Å². The van der Waals surface area contributed by atoms with Gasteiger partial charge >= 0.3 is 51.4 Å². The first-order chi connectivity index (χ1) is 3.43. The molecule has 0 amide bonds. The van der Waals surface area contributed by atoms with Crippen LogP contribution < -0.4 is 0 Å². The van der Waals surface area contributed by atoms with Crippen LogP contribution in [0.1, 0.15) is 10.6 Å². The van der Waals surface area contributed by atoms with Crippen molar-refractivity contribution in [1.82, 2.24) is 0 Å². The summed E-state index contributed by atoms with van der Waals surface area (Å²) in [7, 11) is 0. The van der Waals surface area contributed by atoms with Gasteiger partial charge in [-0.05, 0) is 12.1 Å². The molecular formula is C5H5KO2. The van der Waals surface area contributed by atoms with Crippen molar-refractivity contribution >= 4 is 57.7 Å². The van der Waals surface area contributed by atoms with Crippen molar-refractivity contribution in [2.75, 3.05) is 0 Å². The Bertz CT molecular complexity index is 145. The van der Waals surface area contributed by atoms with Gasteiger partial charge in [-0.25, -0.2) is 0 Å². The fourth-order valence-corrected chi connectivity index (χ4v) is 0.358. The van der Waals surface area contributed by atoms with Gasteiger partial charge in [-0.15, -0.1) is 0 Å². The standard InChI is InChI=1S/C5H4O2.K.H/c6-4-5-2-1-3-7-5;;/h1-4H;;. The van der Waals surface area contributed by atoms with Crippen LogP contribution in [0, 0.1) is 0 Å². The average Bonchev–Trinajstić information content (AvgIpc) is 2.14. The Morgan fingerprint density at radius 1 is 1.62 bits per heavy atom. The van der Waals surface area contributed by atoms with Gasteiger partial charge in [0.1, 0.15) is 0 Å². The van der Waals surface area contributed by atoms with Crippen molar-refractivity contribution in [2.45, 2.75) is 0 Å².